The van der Waals surface area contributed by atoms with Gasteiger partial charge in [-0.05, 0) is 73.6 Å². The van der Waals surface area contributed by atoms with E-state index in [-0.39, 0.29) is 5.41 Å². The summed E-state index contributed by atoms with van der Waals surface area (Å²) in [5.74, 6) is -0.720. The van der Waals surface area contributed by atoms with Crippen LogP contribution < -0.4 is 4.74 Å². The molecule has 0 radical (unpaired) electrons. The second kappa shape index (κ2) is 8.17. The van der Waals surface area contributed by atoms with E-state index in [0.29, 0.717) is 5.75 Å². The Balaban J connectivity index is 2.40. The van der Waals surface area contributed by atoms with E-state index < -0.39 is 18.4 Å². The van der Waals surface area contributed by atoms with Crippen LogP contribution in [0.3, 0.4) is 0 Å². The van der Waals surface area contributed by atoms with Gasteiger partial charge in [-0.15, -0.1) is 0 Å². The molecule has 0 aliphatic heterocycles. The summed E-state index contributed by atoms with van der Waals surface area (Å²) in [4.78, 5) is 23.3. The summed E-state index contributed by atoms with van der Waals surface area (Å²) in [6.45, 7) is 14.7. The molecule has 0 fully saturated rings. The fourth-order valence-corrected chi connectivity index (χ4v) is 3.38. The first-order chi connectivity index (χ1) is 13.0. The van der Waals surface area contributed by atoms with Crippen LogP contribution in [0.5, 0.6) is 5.75 Å². The van der Waals surface area contributed by atoms with Gasteiger partial charge in [0, 0.05) is 5.41 Å². The van der Waals surface area contributed by atoms with Gasteiger partial charge in [0.05, 0.1) is 7.11 Å². The molecular formula is C24H30O4. The number of methoxy groups -OCH3 is 1. The molecule has 0 spiro atoms. The zero-order valence-electron chi connectivity index (χ0n) is 18.1. The van der Waals surface area contributed by atoms with Crippen molar-refractivity contribution >= 4 is 11.9 Å². The third kappa shape index (κ3) is 4.44. The molecule has 150 valence electrons. The van der Waals surface area contributed by atoms with Crippen LogP contribution in [0.4, 0.5) is 0 Å². The Labute approximate surface area is 167 Å². The molecular weight excluding hydrogens is 352 g/mol. The first kappa shape index (κ1) is 21.7. The quantitative estimate of drug-likeness (QED) is 0.414. The van der Waals surface area contributed by atoms with Crippen LogP contribution in [-0.2, 0) is 19.7 Å². The van der Waals surface area contributed by atoms with Crippen molar-refractivity contribution in [3.05, 3.63) is 63.2 Å². The third-order valence-electron chi connectivity index (χ3n) is 5.56. The van der Waals surface area contributed by atoms with Gasteiger partial charge < -0.3 is 9.47 Å². The highest BCUT2D eigenvalue weighted by Gasteiger charge is 2.26. The number of ether oxygens (including phenoxy) is 2. The van der Waals surface area contributed by atoms with Crippen LogP contribution in [0.15, 0.2) is 24.3 Å². The van der Waals surface area contributed by atoms with Crippen LogP contribution in [-0.4, -0.2) is 19.0 Å². The monoisotopic (exact) mass is 382 g/mol. The molecule has 0 saturated heterocycles. The predicted molar refractivity (Wildman–Crippen MR) is 111 cm³/mol. The molecule has 28 heavy (non-hydrogen) atoms. The Bertz CT molecular complexity index is 876. The molecule has 2 rings (SSSR count). The third-order valence-corrected chi connectivity index (χ3v) is 5.56. The summed E-state index contributed by atoms with van der Waals surface area (Å²) in [6.07, 6.45) is -0.398. The maximum Gasteiger partial charge on any atom is 0.322 e. The lowest BCUT2D eigenvalue weighted by molar-refractivity contribution is -0.148. The van der Waals surface area contributed by atoms with Crippen molar-refractivity contribution in [2.24, 2.45) is 0 Å². The predicted octanol–water partition coefficient (Wildman–Crippen LogP) is 5.02. The Kier molecular flexibility index (Phi) is 6.33. The number of aryl methyl sites for hydroxylation is 4. The summed E-state index contributed by atoms with van der Waals surface area (Å²) < 4.78 is 9.96. The fourth-order valence-electron chi connectivity index (χ4n) is 3.38. The normalized spacial score (nSPS) is 11.3. The molecule has 2 aromatic carbocycles. The van der Waals surface area contributed by atoms with Crippen molar-refractivity contribution in [3.8, 4) is 5.75 Å². The molecule has 0 bridgehead atoms. The van der Waals surface area contributed by atoms with Crippen LogP contribution in [0.2, 0.25) is 0 Å². The van der Waals surface area contributed by atoms with Gasteiger partial charge >= 0.3 is 11.9 Å². The van der Waals surface area contributed by atoms with E-state index in [1.807, 2.05) is 13.8 Å². The molecule has 0 amide bonds. The summed E-state index contributed by atoms with van der Waals surface area (Å²) >= 11 is 0. The lowest BCUT2D eigenvalue weighted by Crippen LogP contribution is -2.21. The second-order valence-corrected chi connectivity index (χ2v) is 8.03. The zero-order valence-corrected chi connectivity index (χ0v) is 18.1. The average Bonchev–Trinajstić information content (AvgIpc) is 2.61. The Morgan fingerprint density at radius 1 is 0.786 bits per heavy atom. The summed E-state index contributed by atoms with van der Waals surface area (Å²) in [6, 6.07) is 8.60. The number of esters is 2. The molecule has 0 aromatic heterocycles. The van der Waals surface area contributed by atoms with E-state index in [0.717, 1.165) is 16.7 Å². The van der Waals surface area contributed by atoms with Gasteiger partial charge in [0.1, 0.15) is 12.2 Å². The maximum atomic E-state index is 12.0. The van der Waals surface area contributed by atoms with Crippen molar-refractivity contribution in [1.29, 1.82) is 0 Å². The highest BCUT2D eigenvalue weighted by molar-refractivity contribution is 5.92. The smallest absolute Gasteiger partial charge is 0.322 e. The fraction of sp³-hybridized carbons (Fsp3) is 0.417. The topological polar surface area (TPSA) is 52.6 Å². The Hall–Kier alpha value is -2.62. The van der Waals surface area contributed by atoms with E-state index in [4.69, 9.17) is 4.74 Å². The van der Waals surface area contributed by atoms with Gasteiger partial charge in [-0.3, -0.25) is 9.59 Å². The van der Waals surface area contributed by atoms with Gasteiger partial charge in [-0.25, -0.2) is 0 Å². The summed E-state index contributed by atoms with van der Waals surface area (Å²) in [5, 5.41) is 0. The van der Waals surface area contributed by atoms with Crippen LogP contribution in [0, 0.1) is 34.6 Å². The lowest BCUT2D eigenvalue weighted by atomic mass is 9.75. The molecule has 0 aliphatic carbocycles. The van der Waals surface area contributed by atoms with Crippen molar-refractivity contribution < 1.29 is 19.1 Å². The molecule has 0 N–H and O–H groups in total. The van der Waals surface area contributed by atoms with E-state index in [2.05, 4.69) is 63.6 Å². The Morgan fingerprint density at radius 3 is 1.64 bits per heavy atom. The van der Waals surface area contributed by atoms with Gasteiger partial charge in [-0.1, -0.05) is 38.1 Å². The highest BCUT2D eigenvalue weighted by atomic mass is 16.5. The number of hydrogen-bond acceptors (Lipinski definition) is 4. The first-order valence-corrected chi connectivity index (χ1v) is 9.45. The number of benzene rings is 2. The van der Waals surface area contributed by atoms with Crippen LogP contribution in [0.1, 0.15) is 59.2 Å². The molecule has 4 heteroatoms. The standard InChI is InChI=1S/C24H30O4/c1-14-9-19(10-15(2)18(14)5)24(6,7)20-11-16(3)23(17(4)12-20)28-22(26)13-21(25)27-8/h9-12H,13H2,1-8H3. The van der Waals surface area contributed by atoms with Crippen molar-refractivity contribution in [3.63, 3.8) is 0 Å². The number of carbonyl (C=O) groups is 2. The van der Waals surface area contributed by atoms with Crippen molar-refractivity contribution in [2.75, 3.05) is 7.11 Å². The van der Waals surface area contributed by atoms with E-state index >= 15 is 0 Å². The lowest BCUT2D eigenvalue weighted by Gasteiger charge is -2.29. The van der Waals surface area contributed by atoms with Gasteiger partial charge in [0.15, 0.2) is 0 Å². The number of carbonyl (C=O) groups excluding carboxylic acids is 2. The maximum absolute atomic E-state index is 12.0. The summed E-state index contributed by atoms with van der Waals surface area (Å²) in [7, 11) is 1.25. The van der Waals surface area contributed by atoms with Gasteiger partial charge in [-0.2, -0.15) is 0 Å². The molecule has 0 unspecified atom stereocenters. The second-order valence-electron chi connectivity index (χ2n) is 8.03. The van der Waals surface area contributed by atoms with Crippen molar-refractivity contribution in [1.82, 2.24) is 0 Å². The first-order valence-electron chi connectivity index (χ1n) is 9.45. The minimum Gasteiger partial charge on any atom is -0.469 e. The molecule has 4 nitrogen and oxygen atoms in total. The van der Waals surface area contributed by atoms with E-state index in [9.17, 15) is 9.59 Å². The minimum atomic E-state index is -0.616. The van der Waals surface area contributed by atoms with E-state index in [1.165, 1.54) is 29.4 Å². The molecule has 0 saturated carbocycles. The summed E-state index contributed by atoms with van der Waals surface area (Å²) in [5.41, 5.74) is 7.81. The van der Waals surface area contributed by atoms with E-state index in [1.54, 1.807) is 0 Å². The molecule has 0 heterocycles. The molecule has 2 aromatic rings. The minimum absolute atomic E-state index is 0.201. The van der Waals surface area contributed by atoms with Gasteiger partial charge in [0.2, 0.25) is 0 Å². The largest absolute Gasteiger partial charge is 0.469 e. The van der Waals surface area contributed by atoms with Crippen molar-refractivity contribution in [2.45, 2.75) is 60.3 Å². The SMILES string of the molecule is COC(=O)CC(=O)Oc1c(C)cc(C(C)(C)c2cc(C)c(C)c(C)c2)cc1C. The highest BCUT2D eigenvalue weighted by Crippen LogP contribution is 2.37. The molecule has 0 aliphatic rings. The zero-order chi connectivity index (χ0) is 21.2. The number of hydrogen-bond donors (Lipinski definition) is 0. The van der Waals surface area contributed by atoms with Crippen LogP contribution >= 0.6 is 0 Å². The van der Waals surface area contributed by atoms with Gasteiger partial charge in [0.25, 0.3) is 0 Å². The van der Waals surface area contributed by atoms with Crippen LogP contribution in [0.25, 0.3) is 0 Å². The number of rotatable bonds is 5. The molecule has 0 atom stereocenters. The average molecular weight is 383 g/mol. The Morgan fingerprint density at radius 2 is 1.21 bits per heavy atom.